The number of benzene rings is 1. The first kappa shape index (κ1) is 20.8. The molecule has 0 saturated carbocycles. The van der Waals surface area contributed by atoms with Gasteiger partial charge in [-0.25, -0.2) is 9.78 Å². The Morgan fingerprint density at radius 1 is 1.26 bits per heavy atom. The molecule has 1 aromatic heterocycles. The zero-order valence-corrected chi connectivity index (χ0v) is 17.2. The normalized spacial score (nSPS) is 11.1. The molecule has 0 aliphatic carbocycles. The molecule has 0 aliphatic rings. The molecule has 1 heterocycles. The fourth-order valence-corrected chi connectivity index (χ4v) is 2.66. The topological polar surface area (TPSA) is 87.5 Å². The Balaban J connectivity index is 2.48. The zero-order chi connectivity index (χ0) is 20.2. The highest BCUT2D eigenvalue weighted by Crippen LogP contribution is 2.20. The number of ether oxygens (including phenoxy) is 2. The van der Waals surface area contributed by atoms with Gasteiger partial charge in [0.15, 0.2) is 0 Å². The SMILES string of the molecule is CCOC(=O)c1cccc(-c2ncc(Br)c(=O)n2CC(=O)OC(C)(C)C)c1. The number of aromatic nitrogens is 2. The van der Waals surface area contributed by atoms with Crippen LogP contribution in [0.3, 0.4) is 0 Å². The van der Waals surface area contributed by atoms with Crippen LogP contribution in [0.1, 0.15) is 38.1 Å². The van der Waals surface area contributed by atoms with Gasteiger partial charge in [-0.05, 0) is 55.8 Å². The van der Waals surface area contributed by atoms with Crippen molar-refractivity contribution in [2.45, 2.75) is 39.8 Å². The molecule has 144 valence electrons. The molecule has 0 saturated heterocycles. The van der Waals surface area contributed by atoms with E-state index in [9.17, 15) is 14.4 Å². The number of hydrogen-bond donors (Lipinski definition) is 0. The maximum Gasteiger partial charge on any atom is 0.338 e. The summed E-state index contributed by atoms with van der Waals surface area (Å²) in [5, 5.41) is 0. The predicted molar refractivity (Wildman–Crippen MR) is 103 cm³/mol. The molecule has 0 fully saturated rings. The van der Waals surface area contributed by atoms with Crippen LogP contribution in [-0.4, -0.2) is 33.7 Å². The van der Waals surface area contributed by atoms with Crippen molar-refractivity contribution < 1.29 is 19.1 Å². The summed E-state index contributed by atoms with van der Waals surface area (Å²) in [6.45, 7) is 6.91. The number of esters is 2. The molecule has 2 rings (SSSR count). The number of nitrogens with zero attached hydrogens (tertiary/aromatic N) is 2. The summed E-state index contributed by atoms with van der Waals surface area (Å²) >= 11 is 3.14. The van der Waals surface area contributed by atoms with Crippen LogP contribution in [0.15, 0.2) is 39.7 Å². The molecule has 0 N–H and O–H groups in total. The van der Waals surface area contributed by atoms with Crippen LogP contribution in [-0.2, 0) is 20.8 Å². The Morgan fingerprint density at radius 3 is 2.59 bits per heavy atom. The zero-order valence-electron chi connectivity index (χ0n) is 15.6. The van der Waals surface area contributed by atoms with Crippen LogP contribution in [0.5, 0.6) is 0 Å². The molecule has 0 spiro atoms. The number of hydrogen-bond acceptors (Lipinski definition) is 6. The lowest BCUT2D eigenvalue weighted by atomic mass is 10.1. The quantitative estimate of drug-likeness (QED) is 0.668. The minimum atomic E-state index is -0.676. The molecular weight excluding hydrogens is 416 g/mol. The van der Waals surface area contributed by atoms with Crippen LogP contribution < -0.4 is 5.56 Å². The lowest BCUT2D eigenvalue weighted by Gasteiger charge is -2.20. The molecule has 27 heavy (non-hydrogen) atoms. The van der Waals surface area contributed by atoms with Crippen molar-refractivity contribution in [1.29, 1.82) is 0 Å². The van der Waals surface area contributed by atoms with Gasteiger partial charge < -0.3 is 9.47 Å². The summed E-state index contributed by atoms with van der Waals surface area (Å²) in [5.41, 5.74) is -0.263. The van der Waals surface area contributed by atoms with E-state index in [0.29, 0.717) is 11.1 Å². The van der Waals surface area contributed by atoms with Gasteiger partial charge in [0.1, 0.15) is 22.4 Å². The highest BCUT2D eigenvalue weighted by atomic mass is 79.9. The van der Waals surface area contributed by atoms with Gasteiger partial charge in [0, 0.05) is 11.8 Å². The molecule has 0 radical (unpaired) electrons. The van der Waals surface area contributed by atoms with E-state index in [4.69, 9.17) is 9.47 Å². The first-order valence-electron chi connectivity index (χ1n) is 8.37. The summed E-state index contributed by atoms with van der Waals surface area (Å²) in [5.74, 6) is -0.787. The monoisotopic (exact) mass is 436 g/mol. The van der Waals surface area contributed by atoms with Crippen molar-refractivity contribution in [2.75, 3.05) is 6.61 Å². The van der Waals surface area contributed by atoms with Crippen LogP contribution in [0.4, 0.5) is 0 Å². The average Bonchev–Trinajstić information content (AvgIpc) is 2.58. The third kappa shape index (κ3) is 5.50. The predicted octanol–water partition coefficient (Wildman–Crippen LogP) is 3.19. The van der Waals surface area contributed by atoms with E-state index in [1.165, 1.54) is 10.8 Å². The summed E-state index contributed by atoms with van der Waals surface area (Å²) in [4.78, 5) is 41.0. The average molecular weight is 437 g/mol. The Bertz CT molecular complexity index is 915. The van der Waals surface area contributed by atoms with Crippen LogP contribution in [0, 0.1) is 0 Å². The first-order chi connectivity index (χ1) is 12.6. The summed E-state index contributed by atoms with van der Waals surface area (Å²) in [6, 6.07) is 6.54. The van der Waals surface area contributed by atoms with Crippen LogP contribution in [0.2, 0.25) is 0 Å². The van der Waals surface area contributed by atoms with Crippen molar-refractivity contribution in [1.82, 2.24) is 9.55 Å². The Labute approximate surface area is 165 Å². The van der Waals surface area contributed by atoms with E-state index in [1.54, 1.807) is 52.0 Å². The van der Waals surface area contributed by atoms with Gasteiger partial charge in [-0.2, -0.15) is 0 Å². The highest BCUT2D eigenvalue weighted by Gasteiger charge is 2.20. The summed E-state index contributed by atoms with van der Waals surface area (Å²) in [6.07, 6.45) is 1.36. The van der Waals surface area contributed by atoms with E-state index in [2.05, 4.69) is 20.9 Å². The standard InChI is InChI=1S/C19H21BrN2O5/c1-5-26-18(25)13-8-6-7-12(9-13)16-21-10-14(20)17(24)22(16)11-15(23)27-19(2,3)4/h6-10H,5,11H2,1-4H3. The van der Waals surface area contributed by atoms with Gasteiger partial charge in [0.05, 0.1) is 12.2 Å². The van der Waals surface area contributed by atoms with Gasteiger partial charge in [-0.3, -0.25) is 14.2 Å². The molecule has 7 nitrogen and oxygen atoms in total. The van der Waals surface area contributed by atoms with E-state index in [-0.39, 0.29) is 23.4 Å². The van der Waals surface area contributed by atoms with Crippen molar-refractivity contribution in [3.8, 4) is 11.4 Å². The van der Waals surface area contributed by atoms with Gasteiger partial charge in [-0.15, -0.1) is 0 Å². The lowest BCUT2D eigenvalue weighted by Crippen LogP contribution is -2.32. The Kier molecular flexibility index (Phi) is 6.54. The summed E-state index contributed by atoms with van der Waals surface area (Å²) < 4.78 is 11.7. The minimum Gasteiger partial charge on any atom is -0.462 e. The van der Waals surface area contributed by atoms with E-state index < -0.39 is 23.1 Å². The van der Waals surface area contributed by atoms with E-state index >= 15 is 0 Å². The fourth-order valence-electron chi connectivity index (χ4n) is 2.35. The van der Waals surface area contributed by atoms with Crippen LogP contribution in [0.25, 0.3) is 11.4 Å². The maximum absolute atomic E-state index is 12.6. The fraction of sp³-hybridized carbons (Fsp3) is 0.368. The Hall–Kier alpha value is -2.48. The number of carbonyl (C=O) groups is 2. The largest absolute Gasteiger partial charge is 0.462 e. The smallest absolute Gasteiger partial charge is 0.338 e. The van der Waals surface area contributed by atoms with Gasteiger partial charge in [0.25, 0.3) is 5.56 Å². The third-order valence-electron chi connectivity index (χ3n) is 3.34. The minimum absolute atomic E-state index is 0.219. The van der Waals surface area contributed by atoms with Crippen molar-refractivity contribution in [3.05, 3.63) is 50.9 Å². The molecule has 0 bridgehead atoms. The van der Waals surface area contributed by atoms with Crippen LogP contribution >= 0.6 is 15.9 Å². The molecule has 0 atom stereocenters. The molecule has 0 amide bonds. The highest BCUT2D eigenvalue weighted by molar-refractivity contribution is 9.10. The molecule has 1 aromatic carbocycles. The maximum atomic E-state index is 12.6. The second-order valence-electron chi connectivity index (χ2n) is 6.71. The number of carbonyl (C=O) groups excluding carboxylic acids is 2. The second-order valence-corrected chi connectivity index (χ2v) is 7.56. The third-order valence-corrected chi connectivity index (χ3v) is 3.89. The first-order valence-corrected chi connectivity index (χ1v) is 9.16. The van der Waals surface area contributed by atoms with E-state index in [1.807, 2.05) is 0 Å². The molecular formula is C19H21BrN2O5. The summed E-state index contributed by atoms with van der Waals surface area (Å²) in [7, 11) is 0. The molecule has 8 heteroatoms. The van der Waals surface area contributed by atoms with Gasteiger partial charge in [0.2, 0.25) is 0 Å². The van der Waals surface area contributed by atoms with Crippen molar-refractivity contribution >= 4 is 27.9 Å². The Morgan fingerprint density at radius 2 is 1.96 bits per heavy atom. The second kappa shape index (κ2) is 8.47. The van der Waals surface area contributed by atoms with Gasteiger partial charge >= 0.3 is 11.9 Å². The molecule has 2 aromatic rings. The number of rotatable bonds is 5. The lowest BCUT2D eigenvalue weighted by molar-refractivity contribution is -0.155. The van der Waals surface area contributed by atoms with Gasteiger partial charge in [-0.1, -0.05) is 12.1 Å². The number of halogens is 1. The van der Waals surface area contributed by atoms with Crippen molar-refractivity contribution in [2.24, 2.45) is 0 Å². The van der Waals surface area contributed by atoms with E-state index in [0.717, 1.165) is 0 Å². The van der Waals surface area contributed by atoms with Crippen molar-refractivity contribution in [3.63, 3.8) is 0 Å². The molecule has 0 aliphatic heterocycles. The molecule has 0 unspecified atom stereocenters.